The second-order valence-corrected chi connectivity index (χ2v) is 6.87. The first kappa shape index (κ1) is 18.5. The predicted octanol–water partition coefficient (Wildman–Crippen LogP) is 2.37. The molecule has 0 amide bonds. The van der Waals surface area contributed by atoms with Gasteiger partial charge < -0.3 is 19.7 Å². The maximum atomic E-state index is 5.51. The average Bonchev–Trinajstić information content (AvgIpc) is 2.90. The molecule has 6 nitrogen and oxygen atoms in total. The van der Waals surface area contributed by atoms with Gasteiger partial charge >= 0.3 is 0 Å². The standard InChI is InChI=1S/C19H23BrN4O2/c1-23-11-6-5-8-14-17(18(20)22-24(14)2)19(23)21-12-13-15(25-3)9-7-10-16(13)26-4/h7,9-10,14,21H,6,11-12H2,1-4H3/b19-17+. The van der Waals surface area contributed by atoms with Gasteiger partial charge in [-0.15, -0.1) is 0 Å². The van der Waals surface area contributed by atoms with E-state index in [1.165, 1.54) is 0 Å². The first-order valence-corrected chi connectivity index (χ1v) is 9.20. The largest absolute Gasteiger partial charge is 0.496 e. The number of hydrogen-bond donors (Lipinski definition) is 1. The lowest BCUT2D eigenvalue weighted by atomic mass is 10.1. The third-order valence-electron chi connectivity index (χ3n) is 4.53. The molecule has 2 aliphatic heterocycles. The van der Waals surface area contributed by atoms with E-state index < -0.39 is 0 Å². The zero-order valence-electron chi connectivity index (χ0n) is 15.5. The molecule has 1 N–H and O–H groups in total. The van der Waals surface area contributed by atoms with Gasteiger partial charge in [0.2, 0.25) is 0 Å². The number of rotatable bonds is 5. The van der Waals surface area contributed by atoms with E-state index in [-0.39, 0.29) is 6.04 Å². The Morgan fingerprint density at radius 1 is 1.27 bits per heavy atom. The summed E-state index contributed by atoms with van der Waals surface area (Å²) in [7, 11) is 7.35. The minimum atomic E-state index is -0.0609. The van der Waals surface area contributed by atoms with E-state index in [0.29, 0.717) is 6.54 Å². The number of nitrogens with zero attached hydrogens (tertiary/aromatic N) is 3. The zero-order chi connectivity index (χ0) is 18.7. The highest BCUT2D eigenvalue weighted by Crippen LogP contribution is 2.30. The number of ether oxygens (including phenoxy) is 2. The minimum Gasteiger partial charge on any atom is -0.496 e. The first-order valence-electron chi connectivity index (χ1n) is 8.41. The van der Waals surface area contributed by atoms with Gasteiger partial charge in [0.25, 0.3) is 0 Å². The highest BCUT2D eigenvalue weighted by atomic mass is 79.9. The predicted molar refractivity (Wildman–Crippen MR) is 106 cm³/mol. The third kappa shape index (κ3) is 3.47. The topological polar surface area (TPSA) is 49.3 Å². The van der Waals surface area contributed by atoms with E-state index in [2.05, 4.69) is 50.1 Å². The Hall–Kier alpha value is -2.33. The van der Waals surface area contributed by atoms with Crippen LogP contribution in [0, 0.1) is 11.8 Å². The smallest absolute Gasteiger partial charge is 0.138 e. The van der Waals surface area contributed by atoms with Crippen molar-refractivity contribution in [1.29, 1.82) is 0 Å². The lowest BCUT2D eigenvalue weighted by molar-refractivity contribution is 0.337. The van der Waals surface area contributed by atoms with Crippen LogP contribution in [0.2, 0.25) is 0 Å². The summed E-state index contributed by atoms with van der Waals surface area (Å²) in [6.07, 6.45) is 0.814. The zero-order valence-corrected chi connectivity index (χ0v) is 17.1. The van der Waals surface area contributed by atoms with E-state index in [0.717, 1.165) is 46.0 Å². The number of nitrogens with one attached hydrogen (secondary N) is 1. The van der Waals surface area contributed by atoms with Crippen LogP contribution in [0.3, 0.4) is 0 Å². The van der Waals surface area contributed by atoms with Crippen LogP contribution in [0.4, 0.5) is 0 Å². The maximum absolute atomic E-state index is 5.51. The van der Waals surface area contributed by atoms with Crippen LogP contribution in [0.15, 0.2) is 34.7 Å². The Balaban J connectivity index is 1.96. The molecule has 3 rings (SSSR count). The van der Waals surface area contributed by atoms with Crippen molar-refractivity contribution in [1.82, 2.24) is 15.2 Å². The van der Waals surface area contributed by atoms with Crippen LogP contribution in [0.25, 0.3) is 0 Å². The molecular weight excluding hydrogens is 396 g/mol. The van der Waals surface area contributed by atoms with Gasteiger partial charge in [0.1, 0.15) is 28.0 Å². The van der Waals surface area contributed by atoms with Gasteiger partial charge in [0.15, 0.2) is 0 Å². The summed E-state index contributed by atoms with van der Waals surface area (Å²) in [6, 6.07) is 5.74. The number of hydrogen-bond acceptors (Lipinski definition) is 6. The molecule has 26 heavy (non-hydrogen) atoms. The monoisotopic (exact) mass is 418 g/mol. The Labute approximate surface area is 163 Å². The Morgan fingerprint density at radius 2 is 1.96 bits per heavy atom. The quantitative estimate of drug-likeness (QED) is 0.743. The summed E-state index contributed by atoms with van der Waals surface area (Å²) < 4.78 is 11.8. The van der Waals surface area contributed by atoms with Gasteiger partial charge in [-0.05, 0) is 28.1 Å². The lowest BCUT2D eigenvalue weighted by Crippen LogP contribution is -2.36. The molecule has 2 heterocycles. The van der Waals surface area contributed by atoms with Crippen LogP contribution in [0.5, 0.6) is 11.5 Å². The number of likely N-dealkylation sites (N-methyl/N-ethyl adjacent to an activating group) is 1. The van der Waals surface area contributed by atoms with E-state index >= 15 is 0 Å². The molecule has 0 aliphatic carbocycles. The molecule has 0 saturated heterocycles. The fourth-order valence-corrected chi connectivity index (χ4v) is 3.81. The summed E-state index contributed by atoms with van der Waals surface area (Å²) in [5.74, 6) is 9.16. The van der Waals surface area contributed by atoms with Crippen LogP contribution in [-0.4, -0.2) is 55.4 Å². The molecule has 0 saturated carbocycles. The SMILES string of the molecule is COc1cccc(OC)c1CN/C1=C2\C(Br)=NN(C)C2C#CCCN1C. The molecule has 0 aromatic heterocycles. The van der Waals surface area contributed by atoms with Gasteiger partial charge in [0, 0.05) is 33.6 Å². The number of fused-ring (bicyclic) bond motifs is 1. The Kier molecular flexibility index (Phi) is 5.62. The molecule has 138 valence electrons. The normalized spacial score (nSPS) is 21.9. The maximum Gasteiger partial charge on any atom is 0.138 e. The molecule has 0 radical (unpaired) electrons. The van der Waals surface area contributed by atoms with Gasteiger partial charge in [-0.3, -0.25) is 5.01 Å². The van der Waals surface area contributed by atoms with Crippen molar-refractivity contribution < 1.29 is 9.47 Å². The Morgan fingerprint density at radius 3 is 2.62 bits per heavy atom. The third-order valence-corrected chi connectivity index (χ3v) is 5.11. The number of benzene rings is 1. The molecule has 2 aliphatic rings. The summed E-state index contributed by atoms with van der Waals surface area (Å²) >= 11 is 3.60. The van der Waals surface area contributed by atoms with Gasteiger partial charge in [-0.1, -0.05) is 17.9 Å². The molecular formula is C19H23BrN4O2. The molecule has 7 heteroatoms. The highest BCUT2D eigenvalue weighted by Gasteiger charge is 2.32. The van der Waals surface area contributed by atoms with E-state index in [1.54, 1.807) is 14.2 Å². The molecule has 1 aromatic rings. The lowest BCUT2D eigenvalue weighted by Gasteiger charge is -2.28. The second-order valence-electron chi connectivity index (χ2n) is 6.12. The Bertz CT molecular complexity index is 787. The van der Waals surface area contributed by atoms with Crippen LogP contribution in [0.1, 0.15) is 12.0 Å². The molecule has 1 atom stereocenters. The average molecular weight is 419 g/mol. The van der Waals surface area contributed by atoms with Crippen molar-refractivity contribution in [2.75, 3.05) is 34.9 Å². The fraction of sp³-hybridized carbons (Fsp3) is 0.421. The highest BCUT2D eigenvalue weighted by molar-refractivity contribution is 9.18. The minimum absolute atomic E-state index is 0.0609. The molecule has 1 unspecified atom stereocenters. The van der Waals surface area contributed by atoms with Crippen molar-refractivity contribution in [3.63, 3.8) is 0 Å². The van der Waals surface area contributed by atoms with E-state index in [1.807, 2.05) is 30.3 Å². The molecule has 0 bridgehead atoms. The second kappa shape index (κ2) is 7.92. The number of methoxy groups -OCH3 is 2. The summed E-state index contributed by atoms with van der Waals surface area (Å²) in [5, 5.41) is 9.97. The van der Waals surface area contributed by atoms with Crippen molar-refractivity contribution in [3.05, 3.63) is 35.2 Å². The van der Waals surface area contributed by atoms with Crippen molar-refractivity contribution in [2.24, 2.45) is 5.10 Å². The summed E-state index contributed by atoms with van der Waals surface area (Å²) in [6.45, 7) is 1.42. The number of halogens is 1. The van der Waals surface area contributed by atoms with Crippen molar-refractivity contribution in [2.45, 2.75) is 19.0 Å². The van der Waals surface area contributed by atoms with Crippen LogP contribution >= 0.6 is 15.9 Å². The van der Waals surface area contributed by atoms with Crippen molar-refractivity contribution >= 4 is 20.6 Å². The molecule has 1 aromatic carbocycles. The van der Waals surface area contributed by atoms with Gasteiger partial charge in [-0.2, -0.15) is 5.10 Å². The van der Waals surface area contributed by atoms with Crippen LogP contribution in [-0.2, 0) is 6.54 Å². The van der Waals surface area contributed by atoms with E-state index in [4.69, 9.17) is 9.47 Å². The van der Waals surface area contributed by atoms with E-state index in [9.17, 15) is 0 Å². The summed E-state index contributed by atoms with van der Waals surface area (Å²) in [4.78, 5) is 2.19. The summed E-state index contributed by atoms with van der Waals surface area (Å²) in [5.41, 5.74) is 2.03. The van der Waals surface area contributed by atoms with Crippen molar-refractivity contribution in [3.8, 4) is 23.3 Å². The van der Waals surface area contributed by atoms with Crippen LogP contribution < -0.4 is 14.8 Å². The molecule has 0 spiro atoms. The van der Waals surface area contributed by atoms with Gasteiger partial charge in [0.05, 0.1) is 25.4 Å². The fourth-order valence-electron chi connectivity index (χ4n) is 3.16. The molecule has 0 fully saturated rings. The van der Waals surface area contributed by atoms with Gasteiger partial charge in [-0.25, -0.2) is 0 Å². The number of hydrazone groups is 1. The first-order chi connectivity index (χ1) is 12.6.